The molecule has 4 nitrogen and oxygen atoms in total. The standard InChI is InChI=1S/C10H14O4/c11-9-5-7-8(14-9)6-13-10(7)3-1-2-4-12-10/h7-8H,1-6H2/t7-,8-,10?/m1/s1. The van der Waals surface area contributed by atoms with Crippen LogP contribution in [0, 0.1) is 5.92 Å². The second-order valence-electron chi connectivity index (χ2n) is 4.27. The number of carbonyl (C=O) groups excluding carboxylic acids is 1. The van der Waals surface area contributed by atoms with Gasteiger partial charge in [-0.05, 0) is 12.8 Å². The molecule has 0 saturated carbocycles. The molecule has 0 N–H and O–H groups in total. The van der Waals surface area contributed by atoms with Crippen LogP contribution in [-0.4, -0.2) is 31.1 Å². The third-order valence-corrected chi connectivity index (χ3v) is 3.44. The number of ether oxygens (including phenoxy) is 3. The number of hydrogen-bond donors (Lipinski definition) is 0. The van der Waals surface area contributed by atoms with Gasteiger partial charge in [0.25, 0.3) is 0 Å². The highest BCUT2D eigenvalue weighted by molar-refractivity contribution is 5.72. The van der Waals surface area contributed by atoms with Crippen molar-refractivity contribution >= 4 is 5.97 Å². The molecular weight excluding hydrogens is 184 g/mol. The molecule has 3 rings (SSSR count). The van der Waals surface area contributed by atoms with Crippen molar-refractivity contribution < 1.29 is 19.0 Å². The van der Waals surface area contributed by atoms with E-state index < -0.39 is 5.79 Å². The molecule has 4 heteroatoms. The summed E-state index contributed by atoms with van der Waals surface area (Å²) in [5.41, 5.74) is 0. The fraction of sp³-hybridized carbons (Fsp3) is 0.900. The molecule has 0 amide bonds. The molecule has 0 aromatic rings. The van der Waals surface area contributed by atoms with Crippen LogP contribution in [0.25, 0.3) is 0 Å². The van der Waals surface area contributed by atoms with E-state index in [9.17, 15) is 4.79 Å². The van der Waals surface area contributed by atoms with Gasteiger partial charge in [0.05, 0.1) is 25.6 Å². The highest BCUT2D eigenvalue weighted by atomic mass is 16.7. The zero-order valence-electron chi connectivity index (χ0n) is 8.03. The van der Waals surface area contributed by atoms with E-state index in [0.29, 0.717) is 13.0 Å². The Morgan fingerprint density at radius 2 is 2.21 bits per heavy atom. The molecule has 0 bridgehead atoms. The van der Waals surface area contributed by atoms with Gasteiger partial charge < -0.3 is 14.2 Å². The summed E-state index contributed by atoms with van der Waals surface area (Å²) < 4.78 is 16.6. The van der Waals surface area contributed by atoms with Gasteiger partial charge in [0.2, 0.25) is 0 Å². The van der Waals surface area contributed by atoms with E-state index in [2.05, 4.69) is 0 Å². The average molecular weight is 198 g/mol. The average Bonchev–Trinajstić information content (AvgIpc) is 2.70. The van der Waals surface area contributed by atoms with Gasteiger partial charge in [0, 0.05) is 6.42 Å². The highest BCUT2D eigenvalue weighted by Crippen LogP contribution is 2.46. The summed E-state index contributed by atoms with van der Waals surface area (Å²) >= 11 is 0. The Kier molecular flexibility index (Phi) is 1.82. The maximum atomic E-state index is 11.1. The third kappa shape index (κ3) is 1.10. The zero-order valence-corrected chi connectivity index (χ0v) is 8.03. The molecule has 3 atom stereocenters. The number of rotatable bonds is 0. The van der Waals surface area contributed by atoms with Crippen LogP contribution in [0.5, 0.6) is 0 Å². The van der Waals surface area contributed by atoms with Gasteiger partial charge in [0.1, 0.15) is 6.10 Å². The van der Waals surface area contributed by atoms with E-state index in [0.717, 1.165) is 25.9 Å². The normalized spacial score (nSPS) is 46.7. The summed E-state index contributed by atoms with van der Waals surface area (Å²) in [7, 11) is 0. The second-order valence-corrected chi connectivity index (χ2v) is 4.27. The molecule has 0 aromatic carbocycles. The smallest absolute Gasteiger partial charge is 0.306 e. The number of fused-ring (bicyclic) bond motifs is 2. The second kappa shape index (κ2) is 2.94. The summed E-state index contributed by atoms with van der Waals surface area (Å²) in [6.07, 6.45) is 3.53. The maximum Gasteiger partial charge on any atom is 0.306 e. The maximum absolute atomic E-state index is 11.1. The summed E-state index contributed by atoms with van der Waals surface area (Å²) in [6.45, 7) is 1.26. The summed E-state index contributed by atoms with van der Waals surface area (Å²) in [5.74, 6) is -0.457. The quantitative estimate of drug-likeness (QED) is 0.541. The summed E-state index contributed by atoms with van der Waals surface area (Å²) in [5, 5.41) is 0. The highest BCUT2D eigenvalue weighted by Gasteiger charge is 2.57. The van der Waals surface area contributed by atoms with Crippen molar-refractivity contribution in [2.24, 2.45) is 5.92 Å². The molecular formula is C10H14O4. The number of esters is 1. The molecule has 3 aliphatic heterocycles. The van der Waals surface area contributed by atoms with Crippen molar-refractivity contribution in [3.8, 4) is 0 Å². The van der Waals surface area contributed by atoms with E-state index in [1.54, 1.807) is 0 Å². The Labute approximate surface area is 82.5 Å². The van der Waals surface area contributed by atoms with Gasteiger partial charge in [-0.2, -0.15) is 0 Å². The zero-order chi connectivity index (χ0) is 9.60. The largest absolute Gasteiger partial charge is 0.459 e. The van der Waals surface area contributed by atoms with Crippen LogP contribution < -0.4 is 0 Å². The van der Waals surface area contributed by atoms with Crippen molar-refractivity contribution in [3.05, 3.63) is 0 Å². The first-order valence-electron chi connectivity index (χ1n) is 5.28. The topological polar surface area (TPSA) is 44.8 Å². The van der Waals surface area contributed by atoms with Gasteiger partial charge >= 0.3 is 5.97 Å². The Morgan fingerprint density at radius 3 is 3.00 bits per heavy atom. The Balaban J connectivity index is 1.83. The Hall–Kier alpha value is -0.610. The minimum Gasteiger partial charge on any atom is -0.459 e. The molecule has 1 spiro atoms. The molecule has 0 aromatic heterocycles. The fourth-order valence-corrected chi connectivity index (χ4v) is 2.73. The molecule has 1 unspecified atom stereocenters. The molecule has 3 fully saturated rings. The van der Waals surface area contributed by atoms with Crippen LogP contribution in [0.2, 0.25) is 0 Å². The van der Waals surface area contributed by atoms with Crippen LogP contribution in [0.3, 0.4) is 0 Å². The van der Waals surface area contributed by atoms with Crippen molar-refractivity contribution in [2.45, 2.75) is 37.6 Å². The monoisotopic (exact) mass is 198 g/mol. The SMILES string of the molecule is O=C1C[C@@H]2[C@@H](COC23CCCCO3)O1. The van der Waals surface area contributed by atoms with Gasteiger partial charge in [-0.25, -0.2) is 0 Å². The van der Waals surface area contributed by atoms with Crippen LogP contribution in [0.1, 0.15) is 25.7 Å². The first-order chi connectivity index (χ1) is 6.80. The molecule has 3 saturated heterocycles. The number of carbonyl (C=O) groups is 1. The van der Waals surface area contributed by atoms with Gasteiger partial charge in [0.15, 0.2) is 5.79 Å². The molecule has 14 heavy (non-hydrogen) atoms. The predicted molar refractivity (Wildman–Crippen MR) is 46.5 cm³/mol. The van der Waals surface area contributed by atoms with Crippen molar-refractivity contribution in [1.29, 1.82) is 0 Å². The minimum atomic E-state index is -0.491. The van der Waals surface area contributed by atoms with Gasteiger partial charge in [-0.3, -0.25) is 4.79 Å². The Morgan fingerprint density at radius 1 is 1.29 bits per heavy atom. The van der Waals surface area contributed by atoms with Crippen molar-refractivity contribution in [3.63, 3.8) is 0 Å². The van der Waals surface area contributed by atoms with E-state index in [4.69, 9.17) is 14.2 Å². The molecule has 78 valence electrons. The lowest BCUT2D eigenvalue weighted by Crippen LogP contribution is -2.42. The van der Waals surface area contributed by atoms with Crippen LogP contribution in [0.4, 0.5) is 0 Å². The van der Waals surface area contributed by atoms with E-state index >= 15 is 0 Å². The Bertz CT molecular complexity index is 251. The molecule has 3 heterocycles. The third-order valence-electron chi connectivity index (χ3n) is 3.44. The van der Waals surface area contributed by atoms with Gasteiger partial charge in [-0.15, -0.1) is 0 Å². The fourth-order valence-electron chi connectivity index (χ4n) is 2.73. The van der Waals surface area contributed by atoms with E-state index in [1.165, 1.54) is 0 Å². The van der Waals surface area contributed by atoms with Crippen LogP contribution in [-0.2, 0) is 19.0 Å². The lowest BCUT2D eigenvalue weighted by molar-refractivity contribution is -0.249. The molecule has 0 aliphatic carbocycles. The number of hydrogen-bond acceptors (Lipinski definition) is 4. The lowest BCUT2D eigenvalue weighted by atomic mass is 9.89. The summed E-state index contributed by atoms with van der Waals surface area (Å²) in [4.78, 5) is 11.1. The van der Waals surface area contributed by atoms with Crippen molar-refractivity contribution in [1.82, 2.24) is 0 Å². The molecule has 3 aliphatic rings. The minimum absolute atomic E-state index is 0.0550. The first-order valence-corrected chi connectivity index (χ1v) is 5.28. The van der Waals surface area contributed by atoms with Crippen LogP contribution in [0.15, 0.2) is 0 Å². The first kappa shape index (κ1) is 8.68. The predicted octanol–water partition coefficient (Wildman–Crippen LogP) is 0.845. The van der Waals surface area contributed by atoms with Gasteiger partial charge in [-0.1, -0.05) is 0 Å². The van der Waals surface area contributed by atoms with E-state index in [-0.39, 0.29) is 18.0 Å². The van der Waals surface area contributed by atoms with Crippen molar-refractivity contribution in [2.75, 3.05) is 13.2 Å². The lowest BCUT2D eigenvalue weighted by Gasteiger charge is -2.35. The summed E-state index contributed by atoms with van der Waals surface area (Å²) in [6, 6.07) is 0. The van der Waals surface area contributed by atoms with Crippen LogP contribution >= 0.6 is 0 Å². The van der Waals surface area contributed by atoms with E-state index in [1.807, 2.05) is 0 Å². The molecule has 0 radical (unpaired) electrons.